The first-order valence-corrected chi connectivity index (χ1v) is 6.68. The molecule has 0 saturated carbocycles. The SMILES string of the molecule is CN(CCN=C(N)N1CCCCCC1)CC(F)(F)F. The lowest BCUT2D eigenvalue weighted by Crippen LogP contribution is -2.39. The van der Waals surface area contributed by atoms with Crippen molar-refractivity contribution < 1.29 is 13.2 Å². The molecule has 0 atom stereocenters. The smallest absolute Gasteiger partial charge is 0.370 e. The van der Waals surface area contributed by atoms with Crippen LogP contribution in [0.25, 0.3) is 0 Å². The third-order valence-electron chi connectivity index (χ3n) is 3.13. The summed E-state index contributed by atoms with van der Waals surface area (Å²) in [5.74, 6) is 0.460. The minimum Gasteiger partial charge on any atom is -0.370 e. The van der Waals surface area contributed by atoms with Gasteiger partial charge >= 0.3 is 6.18 Å². The van der Waals surface area contributed by atoms with Crippen molar-refractivity contribution in [1.29, 1.82) is 0 Å². The number of hydrogen-bond acceptors (Lipinski definition) is 2. The minimum absolute atomic E-state index is 0.258. The predicted molar refractivity (Wildman–Crippen MR) is 70.1 cm³/mol. The topological polar surface area (TPSA) is 44.9 Å². The van der Waals surface area contributed by atoms with Gasteiger partial charge in [0, 0.05) is 19.6 Å². The molecule has 1 aliphatic heterocycles. The number of nitrogens with zero attached hydrogens (tertiary/aromatic N) is 3. The van der Waals surface area contributed by atoms with Gasteiger partial charge in [0.05, 0.1) is 13.1 Å². The van der Waals surface area contributed by atoms with E-state index in [1.165, 1.54) is 24.8 Å². The molecule has 19 heavy (non-hydrogen) atoms. The number of guanidine groups is 1. The number of aliphatic imine (C=N–C) groups is 1. The maximum absolute atomic E-state index is 12.1. The first-order chi connectivity index (χ1) is 8.88. The molecule has 0 amide bonds. The van der Waals surface area contributed by atoms with Gasteiger partial charge < -0.3 is 10.6 Å². The second-order valence-electron chi connectivity index (χ2n) is 4.99. The van der Waals surface area contributed by atoms with Crippen LogP contribution >= 0.6 is 0 Å². The molecule has 1 saturated heterocycles. The second kappa shape index (κ2) is 7.57. The van der Waals surface area contributed by atoms with Gasteiger partial charge in [0.2, 0.25) is 0 Å². The maximum atomic E-state index is 12.1. The highest BCUT2D eigenvalue weighted by Gasteiger charge is 2.28. The van der Waals surface area contributed by atoms with E-state index in [-0.39, 0.29) is 6.54 Å². The summed E-state index contributed by atoms with van der Waals surface area (Å²) < 4.78 is 36.4. The fraction of sp³-hybridized carbons (Fsp3) is 0.917. The highest BCUT2D eigenvalue weighted by atomic mass is 19.4. The summed E-state index contributed by atoms with van der Waals surface area (Å²) in [5, 5.41) is 0. The van der Waals surface area contributed by atoms with Crippen LogP contribution in [0.3, 0.4) is 0 Å². The largest absolute Gasteiger partial charge is 0.401 e. The van der Waals surface area contributed by atoms with E-state index < -0.39 is 12.7 Å². The Labute approximate surface area is 112 Å². The minimum atomic E-state index is -4.16. The van der Waals surface area contributed by atoms with Gasteiger partial charge in [-0.1, -0.05) is 12.8 Å². The van der Waals surface area contributed by atoms with Crippen molar-refractivity contribution in [3.63, 3.8) is 0 Å². The molecule has 7 heteroatoms. The fourth-order valence-electron chi connectivity index (χ4n) is 2.12. The summed E-state index contributed by atoms with van der Waals surface area (Å²) in [6, 6.07) is 0. The Morgan fingerprint density at radius 2 is 1.79 bits per heavy atom. The van der Waals surface area contributed by atoms with Gasteiger partial charge in [0.15, 0.2) is 5.96 Å². The number of rotatable bonds is 4. The summed E-state index contributed by atoms with van der Waals surface area (Å²) in [6.45, 7) is 1.44. The lowest BCUT2D eigenvalue weighted by atomic mass is 10.2. The predicted octanol–water partition coefficient (Wildman–Crippen LogP) is 1.67. The molecule has 1 rings (SSSR count). The van der Waals surface area contributed by atoms with Crippen LogP contribution in [-0.2, 0) is 0 Å². The number of alkyl halides is 3. The molecule has 4 nitrogen and oxygen atoms in total. The molecule has 0 radical (unpaired) electrons. The summed E-state index contributed by atoms with van der Waals surface area (Å²) in [6.07, 6.45) is 0.458. The van der Waals surface area contributed by atoms with E-state index in [2.05, 4.69) is 4.99 Å². The maximum Gasteiger partial charge on any atom is 0.401 e. The zero-order chi connectivity index (χ0) is 14.3. The zero-order valence-electron chi connectivity index (χ0n) is 11.4. The van der Waals surface area contributed by atoms with E-state index in [0.29, 0.717) is 12.5 Å². The lowest BCUT2D eigenvalue weighted by Gasteiger charge is -2.22. The highest BCUT2D eigenvalue weighted by Crippen LogP contribution is 2.15. The zero-order valence-corrected chi connectivity index (χ0v) is 11.4. The standard InChI is InChI=1S/C12H23F3N4/c1-18(10-12(13,14)15)9-6-17-11(16)19-7-4-2-3-5-8-19/h2-10H2,1H3,(H2,16,17). The van der Waals surface area contributed by atoms with Crippen LogP contribution in [-0.4, -0.2) is 61.7 Å². The molecular formula is C12H23F3N4. The number of halogens is 3. The third kappa shape index (κ3) is 7.25. The molecular weight excluding hydrogens is 257 g/mol. The summed E-state index contributed by atoms with van der Waals surface area (Å²) in [4.78, 5) is 7.40. The number of hydrogen-bond donors (Lipinski definition) is 1. The van der Waals surface area contributed by atoms with E-state index in [1.807, 2.05) is 4.90 Å². The Hall–Kier alpha value is -0.980. The molecule has 0 aliphatic carbocycles. The average molecular weight is 280 g/mol. The Balaban J connectivity index is 2.30. The molecule has 0 unspecified atom stereocenters. The van der Waals surface area contributed by atoms with Gasteiger partial charge in [0.1, 0.15) is 0 Å². The summed E-state index contributed by atoms with van der Waals surface area (Å²) >= 11 is 0. The van der Waals surface area contributed by atoms with Crippen molar-refractivity contribution in [2.75, 3.05) is 39.8 Å². The van der Waals surface area contributed by atoms with Gasteiger partial charge in [-0.2, -0.15) is 13.2 Å². The van der Waals surface area contributed by atoms with Gasteiger partial charge in [-0.25, -0.2) is 0 Å². The Kier molecular flexibility index (Phi) is 6.41. The van der Waals surface area contributed by atoms with Gasteiger partial charge in [-0.05, 0) is 19.9 Å². The summed E-state index contributed by atoms with van der Waals surface area (Å²) in [7, 11) is 1.44. The lowest BCUT2D eigenvalue weighted by molar-refractivity contribution is -0.142. The highest BCUT2D eigenvalue weighted by molar-refractivity contribution is 5.78. The van der Waals surface area contributed by atoms with E-state index in [9.17, 15) is 13.2 Å². The number of likely N-dealkylation sites (N-methyl/N-ethyl adjacent to an activating group) is 1. The molecule has 0 aromatic heterocycles. The Bertz CT molecular complexity index is 283. The van der Waals surface area contributed by atoms with Crippen LogP contribution in [0.15, 0.2) is 4.99 Å². The van der Waals surface area contributed by atoms with Crippen LogP contribution in [0.1, 0.15) is 25.7 Å². The number of likely N-dealkylation sites (tertiary alicyclic amines) is 1. The van der Waals surface area contributed by atoms with Crippen molar-refractivity contribution in [3.8, 4) is 0 Å². The fourth-order valence-corrected chi connectivity index (χ4v) is 2.12. The second-order valence-corrected chi connectivity index (χ2v) is 4.99. The van der Waals surface area contributed by atoms with Crippen LogP contribution in [0.4, 0.5) is 13.2 Å². The quantitative estimate of drug-likeness (QED) is 0.629. The monoisotopic (exact) mass is 280 g/mol. The van der Waals surface area contributed by atoms with Crippen molar-refractivity contribution in [1.82, 2.24) is 9.80 Å². The Morgan fingerprint density at radius 3 is 2.32 bits per heavy atom. The average Bonchev–Trinajstić information content (AvgIpc) is 2.54. The molecule has 1 heterocycles. The van der Waals surface area contributed by atoms with E-state index in [1.54, 1.807) is 0 Å². The molecule has 112 valence electrons. The molecule has 0 spiro atoms. The van der Waals surface area contributed by atoms with Crippen LogP contribution in [0.2, 0.25) is 0 Å². The van der Waals surface area contributed by atoms with E-state index in [0.717, 1.165) is 25.9 Å². The van der Waals surface area contributed by atoms with Crippen LogP contribution in [0.5, 0.6) is 0 Å². The number of nitrogens with two attached hydrogens (primary N) is 1. The first kappa shape index (κ1) is 16.1. The molecule has 1 aliphatic rings. The molecule has 2 N–H and O–H groups in total. The summed E-state index contributed by atoms with van der Waals surface area (Å²) in [5.41, 5.74) is 5.87. The third-order valence-corrected chi connectivity index (χ3v) is 3.13. The molecule has 1 fully saturated rings. The van der Waals surface area contributed by atoms with Crippen molar-refractivity contribution in [2.24, 2.45) is 10.7 Å². The van der Waals surface area contributed by atoms with Crippen molar-refractivity contribution in [3.05, 3.63) is 0 Å². The normalized spacial score (nSPS) is 18.8. The molecule has 0 aromatic rings. The molecule has 0 bridgehead atoms. The van der Waals surface area contributed by atoms with Crippen LogP contribution in [0, 0.1) is 0 Å². The van der Waals surface area contributed by atoms with Gasteiger partial charge in [-0.3, -0.25) is 9.89 Å². The van der Waals surface area contributed by atoms with Crippen molar-refractivity contribution >= 4 is 5.96 Å². The van der Waals surface area contributed by atoms with E-state index in [4.69, 9.17) is 5.73 Å². The van der Waals surface area contributed by atoms with Crippen LogP contribution < -0.4 is 5.73 Å². The van der Waals surface area contributed by atoms with Gasteiger partial charge in [0.25, 0.3) is 0 Å². The van der Waals surface area contributed by atoms with Gasteiger partial charge in [-0.15, -0.1) is 0 Å². The molecule has 0 aromatic carbocycles. The Morgan fingerprint density at radius 1 is 1.21 bits per heavy atom. The van der Waals surface area contributed by atoms with Crippen molar-refractivity contribution in [2.45, 2.75) is 31.9 Å². The first-order valence-electron chi connectivity index (χ1n) is 6.68. The van der Waals surface area contributed by atoms with E-state index >= 15 is 0 Å².